The van der Waals surface area contributed by atoms with Crippen LogP contribution in [0.2, 0.25) is 0 Å². The summed E-state index contributed by atoms with van der Waals surface area (Å²) in [6.07, 6.45) is 10.1. The third-order valence-corrected chi connectivity index (χ3v) is 13.9. The summed E-state index contributed by atoms with van der Waals surface area (Å²) in [6.45, 7) is 0. The topological polar surface area (TPSA) is 36.5 Å². The Hall–Kier alpha value is -8.08. The minimum atomic E-state index is 0.00959. The molecule has 2 aliphatic heterocycles. The Labute approximate surface area is 369 Å². The highest BCUT2D eigenvalue weighted by atomic mass is 16.5. The van der Waals surface area contributed by atoms with Crippen molar-refractivity contribution in [2.24, 2.45) is 0 Å². The fraction of sp³-hybridized carbons (Fsp3) is 0.0667. The summed E-state index contributed by atoms with van der Waals surface area (Å²) in [7, 11) is 0. The van der Waals surface area contributed by atoms with Crippen LogP contribution in [-0.4, -0.2) is 10.7 Å². The highest BCUT2D eigenvalue weighted by Gasteiger charge is 2.36. The van der Waals surface area contributed by atoms with Crippen LogP contribution >= 0.6 is 0 Å². The van der Waals surface area contributed by atoms with Crippen molar-refractivity contribution in [1.82, 2.24) is 4.57 Å². The van der Waals surface area contributed by atoms with Crippen LogP contribution in [-0.2, 0) is 0 Å². The lowest BCUT2D eigenvalue weighted by Crippen LogP contribution is -2.34. The number of para-hydroxylation sites is 1. The lowest BCUT2D eigenvalue weighted by Gasteiger charge is -2.18. The second-order valence-electron chi connectivity index (χ2n) is 17.5. The number of hydrogen-bond donors (Lipinski definition) is 0. The van der Waals surface area contributed by atoms with Crippen molar-refractivity contribution >= 4 is 50.2 Å². The van der Waals surface area contributed by atoms with E-state index < -0.39 is 0 Å². The number of nitrogens with zero attached hydrogens (tertiary/aromatic N) is 1. The van der Waals surface area contributed by atoms with Crippen molar-refractivity contribution in [1.29, 1.82) is 0 Å². The van der Waals surface area contributed by atoms with Crippen LogP contribution in [0.3, 0.4) is 0 Å². The van der Waals surface area contributed by atoms with Crippen LogP contribution in [0.1, 0.15) is 34.9 Å². The zero-order chi connectivity index (χ0) is 41.9. The number of fused-ring (bicyclic) bond motifs is 12. The maximum Gasteiger partial charge on any atom is 0.135 e. The van der Waals surface area contributed by atoms with Gasteiger partial charge in [0.1, 0.15) is 34.5 Å². The summed E-state index contributed by atoms with van der Waals surface area (Å²) in [4.78, 5) is 0. The molecule has 4 heterocycles. The third-order valence-electron chi connectivity index (χ3n) is 13.9. The molecular formula is C60H39NO3. The van der Waals surface area contributed by atoms with E-state index >= 15 is 0 Å². The quantitative estimate of drug-likeness (QED) is 0.174. The maximum absolute atomic E-state index is 7.01. The summed E-state index contributed by atoms with van der Waals surface area (Å²) in [6, 6.07) is 65.3. The van der Waals surface area contributed by atoms with Crippen LogP contribution in [0.5, 0.6) is 11.5 Å². The average molecular weight is 822 g/mol. The Morgan fingerprint density at radius 1 is 0.500 bits per heavy atom. The van der Waals surface area contributed by atoms with Gasteiger partial charge in [0.05, 0.1) is 16.8 Å². The number of allylic oxidation sites excluding steroid dienone is 2. The molecule has 0 bridgehead atoms. The van der Waals surface area contributed by atoms with Crippen molar-refractivity contribution < 1.29 is 13.9 Å². The Kier molecular flexibility index (Phi) is 7.61. The fourth-order valence-corrected chi connectivity index (χ4v) is 10.8. The zero-order valence-electron chi connectivity index (χ0n) is 34.7. The smallest absolute Gasteiger partial charge is 0.135 e. The Morgan fingerprint density at radius 3 is 1.83 bits per heavy atom. The third kappa shape index (κ3) is 5.42. The summed E-state index contributed by atoms with van der Waals surface area (Å²) in [5.74, 6) is 3.21. The molecule has 0 N–H and O–H groups in total. The number of rotatable bonds is 5. The van der Waals surface area contributed by atoms with Crippen molar-refractivity contribution in [3.8, 4) is 50.6 Å². The van der Waals surface area contributed by atoms with E-state index in [4.69, 9.17) is 13.9 Å². The van der Waals surface area contributed by atoms with E-state index in [9.17, 15) is 0 Å². The van der Waals surface area contributed by atoms with E-state index in [-0.39, 0.29) is 17.9 Å². The summed E-state index contributed by atoms with van der Waals surface area (Å²) < 4.78 is 22.2. The van der Waals surface area contributed by atoms with E-state index in [1.54, 1.807) is 0 Å². The van der Waals surface area contributed by atoms with Gasteiger partial charge in [-0.3, -0.25) is 0 Å². The average Bonchev–Trinajstić information content (AvgIpc) is 4.12. The zero-order valence-corrected chi connectivity index (χ0v) is 34.7. The van der Waals surface area contributed by atoms with Gasteiger partial charge in [-0.25, -0.2) is 0 Å². The first-order valence-corrected chi connectivity index (χ1v) is 22.2. The molecule has 10 aromatic rings. The molecule has 0 saturated heterocycles. The fourth-order valence-electron chi connectivity index (χ4n) is 10.8. The Bertz CT molecular complexity index is 3760. The Balaban J connectivity index is 0.877. The van der Waals surface area contributed by atoms with Crippen LogP contribution in [0.4, 0.5) is 0 Å². The van der Waals surface area contributed by atoms with Gasteiger partial charge in [-0.05, 0) is 130 Å². The normalized spacial score (nSPS) is 17.8. The van der Waals surface area contributed by atoms with Gasteiger partial charge >= 0.3 is 0 Å². The van der Waals surface area contributed by atoms with Gasteiger partial charge in [-0.1, -0.05) is 127 Å². The molecule has 0 radical (unpaired) electrons. The van der Waals surface area contributed by atoms with Crippen LogP contribution < -0.4 is 20.0 Å². The maximum atomic E-state index is 7.01. The highest BCUT2D eigenvalue weighted by Crippen LogP contribution is 2.48. The minimum absolute atomic E-state index is 0.00959. The molecule has 14 rings (SSSR count). The van der Waals surface area contributed by atoms with Crippen molar-refractivity contribution in [2.45, 2.75) is 24.4 Å². The lowest BCUT2D eigenvalue weighted by atomic mass is 9.85. The predicted octanol–water partition coefficient (Wildman–Crippen LogP) is 13.5. The van der Waals surface area contributed by atoms with E-state index in [1.165, 1.54) is 60.5 Å². The number of ether oxygens (including phenoxy) is 2. The van der Waals surface area contributed by atoms with E-state index in [0.29, 0.717) is 0 Å². The van der Waals surface area contributed by atoms with Crippen molar-refractivity contribution in [3.05, 3.63) is 227 Å². The molecule has 0 fully saturated rings. The molecule has 64 heavy (non-hydrogen) atoms. The molecule has 0 spiro atoms. The number of benzene rings is 8. The van der Waals surface area contributed by atoms with E-state index in [0.717, 1.165) is 67.9 Å². The first-order chi connectivity index (χ1) is 31.7. The summed E-state index contributed by atoms with van der Waals surface area (Å²) >= 11 is 0. The molecule has 2 aliphatic carbocycles. The molecule has 3 unspecified atom stereocenters. The van der Waals surface area contributed by atoms with Gasteiger partial charge in [0.2, 0.25) is 0 Å². The van der Waals surface area contributed by atoms with E-state index in [1.807, 2.05) is 0 Å². The molecule has 302 valence electrons. The molecule has 0 amide bonds. The van der Waals surface area contributed by atoms with Gasteiger partial charge in [0, 0.05) is 44.1 Å². The molecule has 0 saturated carbocycles. The number of aromatic nitrogens is 1. The van der Waals surface area contributed by atoms with Gasteiger partial charge in [-0.15, -0.1) is 0 Å². The highest BCUT2D eigenvalue weighted by molar-refractivity contribution is 6.08. The lowest BCUT2D eigenvalue weighted by molar-refractivity contribution is 0.269. The Morgan fingerprint density at radius 2 is 1.09 bits per heavy atom. The van der Waals surface area contributed by atoms with E-state index in [2.05, 4.69) is 211 Å². The summed E-state index contributed by atoms with van der Waals surface area (Å²) in [5, 5.41) is 5.77. The molecule has 2 aromatic heterocycles. The first-order valence-electron chi connectivity index (χ1n) is 22.2. The first kappa shape index (κ1) is 35.5. The SMILES string of the molecule is C1=CC2Oc3ccc(-c4ccc5c(c4)C4CC=c6c(c7cc(-c8ccc9oc%10ccc(-c%11ccccc%11)cc%10c9c8)ccc7n6-c6ccccc6)=C4O5)cc3C2C=C1c1ccccc1. The second kappa shape index (κ2) is 13.7. The van der Waals surface area contributed by atoms with Crippen LogP contribution in [0, 0.1) is 0 Å². The molecule has 4 aliphatic rings. The standard InChI is InChI=1S/C60H39NO3/c1-4-10-36(11-5-1)38-17-25-54-47(30-38)49-33-42(19-27-56(49)62-54)40-16-23-52-51(35-40)59-53(61(52)44-14-8-3-9-15-44)24-22-45-46-32-41(21-29-58(46)64-60(45)59)43-20-28-57-50(34-43)48-31-39(18-26-55(48)63-57)37-12-6-2-7-13-37/h1-21,23-35,45,48,55H,22H2. The predicted molar refractivity (Wildman–Crippen MR) is 259 cm³/mol. The molecular weight excluding hydrogens is 783 g/mol. The van der Waals surface area contributed by atoms with Gasteiger partial charge in [-0.2, -0.15) is 0 Å². The number of hydrogen-bond acceptors (Lipinski definition) is 3. The van der Waals surface area contributed by atoms with Crippen LogP contribution in [0.15, 0.2) is 205 Å². The second-order valence-corrected chi connectivity index (χ2v) is 17.5. The monoisotopic (exact) mass is 821 g/mol. The van der Waals surface area contributed by atoms with Gasteiger partial charge < -0.3 is 18.5 Å². The molecule has 3 atom stereocenters. The van der Waals surface area contributed by atoms with Crippen molar-refractivity contribution in [2.75, 3.05) is 0 Å². The molecule has 4 nitrogen and oxygen atoms in total. The van der Waals surface area contributed by atoms with Crippen LogP contribution in [0.25, 0.3) is 89.3 Å². The van der Waals surface area contributed by atoms with Crippen molar-refractivity contribution in [3.63, 3.8) is 0 Å². The largest absolute Gasteiger partial charge is 0.485 e. The number of furan rings is 1. The molecule has 4 heteroatoms. The minimum Gasteiger partial charge on any atom is -0.485 e. The van der Waals surface area contributed by atoms with Gasteiger partial charge in [0.15, 0.2) is 0 Å². The van der Waals surface area contributed by atoms with Gasteiger partial charge in [0.25, 0.3) is 0 Å². The molecule has 8 aromatic carbocycles. The summed E-state index contributed by atoms with van der Waals surface area (Å²) in [5.41, 5.74) is 16.1.